The van der Waals surface area contributed by atoms with Gasteiger partial charge in [0.25, 0.3) is 5.91 Å². The number of nitrogens with zero attached hydrogens (tertiary/aromatic N) is 1. The molecule has 1 N–H and O–H groups in total. The van der Waals surface area contributed by atoms with E-state index in [1.54, 1.807) is 12.1 Å². The Hall–Kier alpha value is -2.87. The summed E-state index contributed by atoms with van der Waals surface area (Å²) in [5.41, 5.74) is 0.926. The molecule has 0 unspecified atom stereocenters. The Balaban J connectivity index is 1.95. The Kier molecular flexibility index (Phi) is 6.87. The second-order valence-electron chi connectivity index (χ2n) is 6.36. The molecule has 1 heterocycles. The number of anilines is 2. The van der Waals surface area contributed by atoms with Crippen LogP contribution in [-0.4, -0.2) is 45.4 Å². The predicted octanol–water partition coefficient (Wildman–Crippen LogP) is 3.85. The van der Waals surface area contributed by atoms with Crippen molar-refractivity contribution in [3.8, 4) is 11.5 Å². The molecule has 0 aliphatic carbocycles. The van der Waals surface area contributed by atoms with E-state index >= 15 is 0 Å². The Labute approximate surface area is 168 Å². The molecule has 3 rings (SSSR count). The molecule has 0 saturated carbocycles. The van der Waals surface area contributed by atoms with E-state index in [0.29, 0.717) is 62.8 Å². The fourth-order valence-electron chi connectivity index (χ4n) is 3.11. The van der Waals surface area contributed by atoms with Crippen LogP contribution in [0.1, 0.15) is 24.2 Å². The third kappa shape index (κ3) is 4.95. The van der Waals surface area contributed by atoms with Gasteiger partial charge >= 0.3 is 0 Å². The van der Waals surface area contributed by atoms with Crippen LogP contribution < -0.4 is 19.7 Å². The minimum absolute atomic E-state index is 0.260. The number of hydrogen-bond donors (Lipinski definition) is 1. The van der Waals surface area contributed by atoms with Crippen molar-refractivity contribution in [2.75, 3.05) is 49.7 Å². The maximum atomic E-state index is 14.0. The molecule has 6 nitrogen and oxygen atoms in total. The average molecular weight is 406 g/mol. The number of hydrogen-bond acceptors (Lipinski definition) is 5. The van der Waals surface area contributed by atoms with Gasteiger partial charge in [0.05, 0.1) is 43.4 Å². The average Bonchev–Trinajstić information content (AvgIpc) is 2.70. The highest BCUT2D eigenvalue weighted by Gasteiger charge is 2.21. The van der Waals surface area contributed by atoms with Gasteiger partial charge < -0.3 is 24.4 Å². The Bertz CT molecular complexity index is 870. The number of ether oxygens (including phenoxy) is 3. The van der Waals surface area contributed by atoms with Crippen molar-refractivity contribution in [3.63, 3.8) is 0 Å². The van der Waals surface area contributed by atoms with Crippen molar-refractivity contribution in [3.05, 3.63) is 47.5 Å². The number of morpholine rings is 1. The van der Waals surface area contributed by atoms with E-state index < -0.39 is 17.5 Å². The summed E-state index contributed by atoms with van der Waals surface area (Å²) in [4.78, 5) is 14.7. The first-order chi connectivity index (χ1) is 14.0. The molecule has 8 heteroatoms. The van der Waals surface area contributed by atoms with Gasteiger partial charge in [0.15, 0.2) is 0 Å². The van der Waals surface area contributed by atoms with Gasteiger partial charge in [-0.25, -0.2) is 8.78 Å². The third-order valence-electron chi connectivity index (χ3n) is 4.44. The third-order valence-corrected chi connectivity index (χ3v) is 4.44. The fourth-order valence-corrected chi connectivity index (χ4v) is 3.11. The van der Waals surface area contributed by atoms with Crippen LogP contribution in [-0.2, 0) is 4.74 Å². The molecule has 0 aromatic heterocycles. The van der Waals surface area contributed by atoms with Gasteiger partial charge in [-0.05, 0) is 26.0 Å². The first-order valence-electron chi connectivity index (χ1n) is 9.56. The highest BCUT2D eigenvalue weighted by Crippen LogP contribution is 2.39. The van der Waals surface area contributed by atoms with Crippen LogP contribution in [0.4, 0.5) is 20.2 Å². The molecule has 1 aliphatic rings. The van der Waals surface area contributed by atoms with Crippen molar-refractivity contribution in [1.82, 2.24) is 0 Å². The quantitative estimate of drug-likeness (QED) is 0.757. The normalized spacial score (nSPS) is 13.9. The van der Waals surface area contributed by atoms with E-state index in [1.165, 1.54) is 0 Å². The molecule has 0 radical (unpaired) electrons. The Morgan fingerprint density at radius 3 is 2.41 bits per heavy atom. The zero-order valence-electron chi connectivity index (χ0n) is 16.5. The molecule has 2 aromatic carbocycles. The van der Waals surface area contributed by atoms with E-state index in [-0.39, 0.29) is 5.56 Å². The second-order valence-corrected chi connectivity index (χ2v) is 6.36. The number of nitrogens with one attached hydrogen (secondary N) is 1. The highest BCUT2D eigenvalue weighted by molar-refractivity contribution is 6.05. The zero-order chi connectivity index (χ0) is 20.8. The molecule has 29 heavy (non-hydrogen) atoms. The monoisotopic (exact) mass is 406 g/mol. The maximum Gasteiger partial charge on any atom is 0.258 e. The summed E-state index contributed by atoms with van der Waals surface area (Å²) in [5.74, 6) is -1.37. The minimum atomic E-state index is -0.935. The van der Waals surface area contributed by atoms with Crippen LogP contribution >= 0.6 is 0 Å². The molecule has 1 amide bonds. The minimum Gasteiger partial charge on any atom is -0.492 e. The molecule has 0 spiro atoms. The summed E-state index contributed by atoms with van der Waals surface area (Å²) in [6.07, 6.45) is 0. The molecule has 1 saturated heterocycles. The molecule has 1 fully saturated rings. The lowest BCUT2D eigenvalue weighted by molar-refractivity contribution is 0.102. The van der Waals surface area contributed by atoms with Gasteiger partial charge in [-0.3, -0.25) is 4.79 Å². The van der Waals surface area contributed by atoms with Crippen LogP contribution in [0, 0.1) is 11.6 Å². The SMILES string of the molecule is CCOc1cc(N2CCOCC2)c(OCC)cc1NC(=O)c1ccc(F)cc1F. The summed E-state index contributed by atoms with van der Waals surface area (Å²) in [7, 11) is 0. The molecule has 0 atom stereocenters. The molecular formula is C21H24F2N2O4. The molecule has 0 bridgehead atoms. The van der Waals surface area contributed by atoms with Crippen LogP contribution in [0.2, 0.25) is 0 Å². The lowest BCUT2D eigenvalue weighted by atomic mass is 10.1. The van der Waals surface area contributed by atoms with E-state index in [0.717, 1.165) is 17.8 Å². The molecule has 1 aliphatic heterocycles. The van der Waals surface area contributed by atoms with Gasteiger partial charge in [0, 0.05) is 31.3 Å². The van der Waals surface area contributed by atoms with Gasteiger partial charge in [0.2, 0.25) is 0 Å². The van der Waals surface area contributed by atoms with Crippen LogP contribution in [0.3, 0.4) is 0 Å². The number of carbonyl (C=O) groups is 1. The van der Waals surface area contributed by atoms with Crippen LogP contribution in [0.25, 0.3) is 0 Å². The Morgan fingerprint density at radius 2 is 1.76 bits per heavy atom. The van der Waals surface area contributed by atoms with Gasteiger partial charge in [-0.15, -0.1) is 0 Å². The van der Waals surface area contributed by atoms with Crippen LogP contribution in [0.15, 0.2) is 30.3 Å². The summed E-state index contributed by atoms with van der Waals surface area (Å²) in [5, 5.41) is 2.65. The highest BCUT2D eigenvalue weighted by atomic mass is 19.1. The van der Waals surface area contributed by atoms with Crippen molar-refractivity contribution in [2.45, 2.75) is 13.8 Å². The van der Waals surface area contributed by atoms with Gasteiger partial charge in [0.1, 0.15) is 23.1 Å². The first kappa shape index (κ1) is 20.9. The summed E-state index contributed by atoms with van der Waals surface area (Å²) < 4.78 is 44.0. The lowest BCUT2D eigenvalue weighted by Crippen LogP contribution is -2.36. The molecule has 156 valence electrons. The van der Waals surface area contributed by atoms with Gasteiger partial charge in [-0.1, -0.05) is 0 Å². The number of benzene rings is 2. The van der Waals surface area contributed by atoms with E-state index in [2.05, 4.69) is 10.2 Å². The van der Waals surface area contributed by atoms with Crippen molar-refractivity contribution in [2.24, 2.45) is 0 Å². The predicted molar refractivity (Wildman–Crippen MR) is 106 cm³/mol. The van der Waals surface area contributed by atoms with Crippen LogP contribution in [0.5, 0.6) is 11.5 Å². The topological polar surface area (TPSA) is 60.0 Å². The fraction of sp³-hybridized carbons (Fsp3) is 0.381. The molecular weight excluding hydrogens is 382 g/mol. The molecule has 2 aromatic rings. The summed E-state index contributed by atoms with van der Waals surface area (Å²) in [6, 6.07) is 6.28. The standard InChI is InChI=1S/C21H24F2N2O4/c1-3-28-19-13-18(25-7-9-27-10-8-25)20(29-4-2)12-17(19)24-21(26)15-6-5-14(22)11-16(15)23/h5-6,11-13H,3-4,7-10H2,1-2H3,(H,24,26). The largest absolute Gasteiger partial charge is 0.492 e. The lowest BCUT2D eigenvalue weighted by Gasteiger charge is -2.31. The second kappa shape index (κ2) is 9.56. The number of rotatable bonds is 7. The first-order valence-corrected chi connectivity index (χ1v) is 9.56. The number of amides is 1. The van der Waals surface area contributed by atoms with E-state index in [9.17, 15) is 13.6 Å². The Morgan fingerprint density at radius 1 is 1.07 bits per heavy atom. The van der Waals surface area contributed by atoms with E-state index in [1.807, 2.05) is 13.8 Å². The zero-order valence-corrected chi connectivity index (χ0v) is 16.5. The van der Waals surface area contributed by atoms with E-state index in [4.69, 9.17) is 14.2 Å². The smallest absolute Gasteiger partial charge is 0.258 e. The van der Waals surface area contributed by atoms with Gasteiger partial charge in [-0.2, -0.15) is 0 Å². The van der Waals surface area contributed by atoms with Crippen molar-refractivity contribution < 1.29 is 27.8 Å². The number of halogens is 2. The van der Waals surface area contributed by atoms with Crippen molar-refractivity contribution in [1.29, 1.82) is 0 Å². The number of carbonyl (C=O) groups excluding carboxylic acids is 1. The summed E-state index contributed by atoms with van der Waals surface area (Å²) >= 11 is 0. The maximum absolute atomic E-state index is 14.0. The van der Waals surface area contributed by atoms with Crippen molar-refractivity contribution >= 4 is 17.3 Å². The summed E-state index contributed by atoms with van der Waals surface area (Å²) in [6.45, 7) is 7.14.